The van der Waals surface area contributed by atoms with Crippen LogP contribution in [0.3, 0.4) is 0 Å². The number of primary amides is 1. The molecule has 2 aliphatic rings. The van der Waals surface area contributed by atoms with Gasteiger partial charge in [0.2, 0.25) is 0 Å². The van der Waals surface area contributed by atoms with Crippen molar-refractivity contribution in [2.75, 3.05) is 13.1 Å². The van der Waals surface area contributed by atoms with Gasteiger partial charge in [-0.1, -0.05) is 12.5 Å². The van der Waals surface area contributed by atoms with Gasteiger partial charge in [0.1, 0.15) is 23.0 Å². The van der Waals surface area contributed by atoms with Crippen LogP contribution in [0.4, 0.5) is 8.78 Å². The minimum Gasteiger partial charge on any atom is -0.366 e. The van der Waals surface area contributed by atoms with Gasteiger partial charge in [-0.25, -0.2) is 13.8 Å². The molecule has 1 amide bonds. The zero-order chi connectivity index (χ0) is 20.8. The molecule has 3 aromatic rings. The van der Waals surface area contributed by atoms with Crippen molar-refractivity contribution in [1.29, 1.82) is 0 Å². The molecule has 2 heterocycles. The van der Waals surface area contributed by atoms with Crippen molar-refractivity contribution < 1.29 is 13.6 Å². The van der Waals surface area contributed by atoms with Crippen molar-refractivity contribution in [3.05, 3.63) is 53.1 Å². The number of aromatic nitrogens is 2. The van der Waals surface area contributed by atoms with Gasteiger partial charge in [-0.05, 0) is 68.0 Å². The van der Waals surface area contributed by atoms with Gasteiger partial charge in [0, 0.05) is 12.6 Å². The minimum absolute atomic E-state index is 0.0252. The lowest BCUT2D eigenvalue weighted by Crippen LogP contribution is -2.45. The number of piperidine rings is 1. The number of nitrogens with one attached hydrogen (secondary N) is 1. The molecule has 1 aromatic heterocycles. The number of benzene rings is 2. The van der Waals surface area contributed by atoms with Crippen molar-refractivity contribution in [2.24, 2.45) is 5.73 Å². The lowest BCUT2D eigenvalue weighted by atomic mass is 9.85. The van der Waals surface area contributed by atoms with Crippen molar-refractivity contribution >= 4 is 16.9 Å². The average Bonchev–Trinajstić information content (AvgIpc) is 3.09. The van der Waals surface area contributed by atoms with Crippen LogP contribution in [0, 0.1) is 11.6 Å². The smallest absolute Gasteiger partial charge is 0.251 e. The molecular formula is C23H24F2N4O. The zero-order valence-electron chi connectivity index (χ0n) is 16.6. The highest BCUT2D eigenvalue weighted by Gasteiger charge is 2.30. The Bertz CT molecular complexity index is 1120. The summed E-state index contributed by atoms with van der Waals surface area (Å²) in [5, 5.41) is 0. The fraction of sp³-hybridized carbons (Fsp3) is 0.391. The fourth-order valence-corrected chi connectivity index (χ4v) is 4.74. The molecule has 0 spiro atoms. The van der Waals surface area contributed by atoms with Gasteiger partial charge in [-0.3, -0.25) is 9.69 Å². The highest BCUT2D eigenvalue weighted by molar-refractivity contribution is 6.04. The van der Waals surface area contributed by atoms with E-state index in [1.54, 1.807) is 12.1 Å². The van der Waals surface area contributed by atoms with Crippen LogP contribution in [0.1, 0.15) is 53.9 Å². The molecule has 1 aliphatic carbocycles. The van der Waals surface area contributed by atoms with Crippen molar-refractivity contribution in [3.63, 3.8) is 0 Å². The van der Waals surface area contributed by atoms with Crippen LogP contribution in [0.5, 0.6) is 0 Å². The number of carbonyl (C=O) groups is 1. The van der Waals surface area contributed by atoms with E-state index in [0.29, 0.717) is 17.5 Å². The van der Waals surface area contributed by atoms with E-state index in [2.05, 4.69) is 14.9 Å². The molecule has 1 unspecified atom stereocenters. The van der Waals surface area contributed by atoms with E-state index in [-0.39, 0.29) is 28.3 Å². The van der Waals surface area contributed by atoms with Gasteiger partial charge < -0.3 is 10.7 Å². The molecule has 1 saturated heterocycles. The topological polar surface area (TPSA) is 75.0 Å². The van der Waals surface area contributed by atoms with E-state index >= 15 is 4.39 Å². The number of amides is 1. The maximum absolute atomic E-state index is 15.1. The quantitative estimate of drug-likeness (QED) is 0.672. The van der Waals surface area contributed by atoms with Crippen LogP contribution in [0.25, 0.3) is 22.4 Å². The highest BCUT2D eigenvalue weighted by Crippen LogP contribution is 2.35. The Balaban J connectivity index is 1.45. The predicted molar refractivity (Wildman–Crippen MR) is 111 cm³/mol. The van der Waals surface area contributed by atoms with E-state index in [9.17, 15) is 9.18 Å². The average molecular weight is 410 g/mol. The Labute approximate surface area is 173 Å². The third-order valence-corrected chi connectivity index (χ3v) is 6.58. The first-order valence-corrected chi connectivity index (χ1v) is 10.5. The van der Waals surface area contributed by atoms with E-state index in [1.165, 1.54) is 25.3 Å². The first kappa shape index (κ1) is 19.2. The predicted octanol–water partition coefficient (Wildman–Crippen LogP) is 4.34. The summed E-state index contributed by atoms with van der Waals surface area (Å²) < 4.78 is 28.8. The summed E-state index contributed by atoms with van der Waals surface area (Å²) >= 11 is 0. The number of halogens is 2. The number of rotatable bonds is 4. The molecular weight excluding hydrogens is 386 g/mol. The Morgan fingerprint density at radius 3 is 2.67 bits per heavy atom. The number of H-pyrrole nitrogens is 1. The molecule has 30 heavy (non-hydrogen) atoms. The normalized spacial score (nSPS) is 20.4. The number of fused-ring (bicyclic) bond motifs is 1. The second-order valence-electron chi connectivity index (χ2n) is 8.46. The molecule has 0 bridgehead atoms. The van der Waals surface area contributed by atoms with Gasteiger partial charge in [0.05, 0.1) is 16.6 Å². The molecule has 0 radical (unpaired) electrons. The van der Waals surface area contributed by atoms with E-state index in [1.807, 2.05) is 6.07 Å². The fourth-order valence-electron chi connectivity index (χ4n) is 4.74. The summed E-state index contributed by atoms with van der Waals surface area (Å²) in [5.74, 6) is -1.18. The van der Waals surface area contributed by atoms with Crippen molar-refractivity contribution in [2.45, 2.75) is 44.1 Å². The van der Waals surface area contributed by atoms with Crippen molar-refractivity contribution in [1.82, 2.24) is 14.9 Å². The Morgan fingerprint density at radius 1 is 1.13 bits per heavy atom. The summed E-state index contributed by atoms with van der Waals surface area (Å²) in [6.07, 6.45) is 6.07. The summed E-state index contributed by atoms with van der Waals surface area (Å²) in [6, 6.07) is 8.23. The molecule has 2 aromatic carbocycles. The number of imidazole rings is 1. The summed E-state index contributed by atoms with van der Waals surface area (Å²) in [5.41, 5.74) is 7.15. The van der Waals surface area contributed by atoms with Gasteiger partial charge in [-0.2, -0.15) is 0 Å². The highest BCUT2D eigenvalue weighted by atomic mass is 19.1. The number of hydrogen-bond donors (Lipinski definition) is 2. The maximum Gasteiger partial charge on any atom is 0.251 e. The first-order valence-electron chi connectivity index (χ1n) is 10.5. The SMILES string of the molecule is NC(=O)c1cc(F)cc2[nH]c(-c3ccc(C4CCCN(C5CCC5)C4)cc3F)nc12. The van der Waals surface area contributed by atoms with Crippen LogP contribution in [0.15, 0.2) is 30.3 Å². The van der Waals surface area contributed by atoms with Gasteiger partial charge in [0.25, 0.3) is 5.91 Å². The molecule has 156 valence electrons. The zero-order valence-corrected chi connectivity index (χ0v) is 16.6. The number of likely N-dealkylation sites (tertiary alicyclic amines) is 1. The summed E-state index contributed by atoms with van der Waals surface area (Å²) in [7, 11) is 0. The molecule has 2 fully saturated rings. The molecule has 1 atom stereocenters. The van der Waals surface area contributed by atoms with E-state index < -0.39 is 11.7 Å². The minimum atomic E-state index is -0.776. The number of carbonyl (C=O) groups excluding carboxylic acids is 1. The largest absolute Gasteiger partial charge is 0.366 e. The van der Waals surface area contributed by atoms with E-state index in [0.717, 1.165) is 37.6 Å². The number of aromatic amines is 1. The van der Waals surface area contributed by atoms with Gasteiger partial charge in [-0.15, -0.1) is 0 Å². The Morgan fingerprint density at radius 2 is 1.97 bits per heavy atom. The first-order chi connectivity index (χ1) is 14.5. The standard InChI is InChI=1S/C23H24F2N4O/c24-15-10-18(22(26)30)21-20(11-15)27-23(28-21)17-7-6-13(9-19(17)25)14-3-2-8-29(12-14)16-4-1-5-16/h6-7,9-11,14,16H,1-5,8,12H2,(H2,26,30)(H,27,28). The van der Waals surface area contributed by atoms with Crippen LogP contribution in [0.2, 0.25) is 0 Å². The second-order valence-corrected chi connectivity index (χ2v) is 8.46. The van der Waals surface area contributed by atoms with Crippen molar-refractivity contribution in [3.8, 4) is 11.4 Å². The lowest BCUT2D eigenvalue weighted by Gasteiger charge is -2.42. The molecule has 5 rings (SSSR count). The molecule has 1 aliphatic heterocycles. The van der Waals surface area contributed by atoms with Crippen LogP contribution in [-0.4, -0.2) is 39.9 Å². The van der Waals surface area contributed by atoms with E-state index in [4.69, 9.17) is 5.73 Å². The summed E-state index contributed by atoms with van der Waals surface area (Å²) in [4.78, 5) is 21.4. The van der Waals surface area contributed by atoms with Crippen LogP contribution >= 0.6 is 0 Å². The van der Waals surface area contributed by atoms with Crippen LogP contribution < -0.4 is 5.73 Å². The van der Waals surface area contributed by atoms with Gasteiger partial charge >= 0.3 is 0 Å². The second kappa shape index (κ2) is 7.47. The number of nitrogens with two attached hydrogens (primary N) is 1. The third-order valence-electron chi connectivity index (χ3n) is 6.58. The molecule has 1 saturated carbocycles. The Kier molecular flexibility index (Phi) is 4.77. The van der Waals surface area contributed by atoms with Gasteiger partial charge in [0.15, 0.2) is 0 Å². The Hall–Kier alpha value is -2.80. The summed E-state index contributed by atoms with van der Waals surface area (Å²) in [6.45, 7) is 2.12. The van der Waals surface area contributed by atoms with Crippen LogP contribution in [-0.2, 0) is 0 Å². The number of hydrogen-bond acceptors (Lipinski definition) is 3. The molecule has 3 N–H and O–H groups in total. The third kappa shape index (κ3) is 3.37. The number of nitrogens with zero attached hydrogens (tertiary/aromatic N) is 2. The monoisotopic (exact) mass is 410 g/mol. The lowest BCUT2D eigenvalue weighted by molar-refractivity contribution is 0.0944. The molecule has 5 nitrogen and oxygen atoms in total. The maximum atomic E-state index is 15.1. The molecule has 7 heteroatoms.